The summed E-state index contributed by atoms with van der Waals surface area (Å²) in [4.78, 5) is -0.609. The molecule has 0 atom stereocenters. The van der Waals surface area contributed by atoms with Gasteiger partial charge in [-0.3, -0.25) is 0 Å². The lowest BCUT2D eigenvalue weighted by atomic mass is 10.5. The van der Waals surface area contributed by atoms with Crippen LogP contribution in [0.4, 0.5) is 0 Å². The van der Waals surface area contributed by atoms with Crippen molar-refractivity contribution in [2.75, 3.05) is 0 Å². The van der Waals surface area contributed by atoms with E-state index in [4.69, 9.17) is 69.6 Å². The standard InChI is InChI=1S/C3H3Cl5.C2H3Cl/c4-2(5)1-3(6,7)8;1-2-3/h2H,1H2;2H,1H2. The van der Waals surface area contributed by atoms with Crippen LogP contribution in [0.1, 0.15) is 6.42 Å². The molecule has 0 amide bonds. The van der Waals surface area contributed by atoms with Crippen LogP contribution in [0.25, 0.3) is 0 Å². The van der Waals surface area contributed by atoms with Gasteiger partial charge >= 0.3 is 0 Å². The zero-order chi connectivity index (χ0) is 9.49. The van der Waals surface area contributed by atoms with E-state index in [1.165, 1.54) is 5.54 Å². The van der Waals surface area contributed by atoms with Gasteiger partial charge in [0.1, 0.15) is 4.84 Å². The number of alkyl halides is 5. The Labute approximate surface area is 96.3 Å². The summed E-state index contributed by atoms with van der Waals surface area (Å²) in [5, 5.41) is 0. The smallest absolute Gasteiger partial charge is 0.105 e. The fourth-order valence-corrected chi connectivity index (χ4v) is 1.57. The summed E-state index contributed by atoms with van der Waals surface area (Å²) in [5.41, 5.74) is 1.22. The quantitative estimate of drug-likeness (QED) is 0.597. The fourth-order valence-electron chi connectivity index (χ4n) is 0.175. The summed E-state index contributed by atoms with van der Waals surface area (Å²) in [5.74, 6) is 0. The molecule has 0 aliphatic carbocycles. The zero-order valence-electron chi connectivity index (χ0n) is 5.34. The van der Waals surface area contributed by atoms with Gasteiger partial charge in [-0.25, -0.2) is 0 Å². The van der Waals surface area contributed by atoms with Gasteiger partial charge in [-0.05, 0) is 5.54 Å². The molecule has 0 rings (SSSR count). The van der Waals surface area contributed by atoms with Crippen LogP contribution in [-0.2, 0) is 0 Å². The zero-order valence-corrected chi connectivity index (χ0v) is 9.87. The van der Waals surface area contributed by atoms with E-state index >= 15 is 0 Å². The minimum Gasteiger partial charge on any atom is -0.105 e. The molecule has 11 heavy (non-hydrogen) atoms. The molecule has 0 nitrogen and oxygen atoms in total. The van der Waals surface area contributed by atoms with Crippen molar-refractivity contribution in [3.05, 3.63) is 12.1 Å². The summed E-state index contributed by atoms with van der Waals surface area (Å²) in [6.07, 6.45) is 0.154. The maximum Gasteiger partial charge on any atom is 0.193 e. The monoisotopic (exact) mass is 276 g/mol. The van der Waals surface area contributed by atoms with Gasteiger partial charge < -0.3 is 0 Å². The first-order valence-corrected chi connectivity index (χ1v) is 4.83. The van der Waals surface area contributed by atoms with E-state index in [0.717, 1.165) is 0 Å². The average Bonchev–Trinajstić information content (AvgIpc) is 1.57. The Kier molecular flexibility index (Phi) is 11.0. The second kappa shape index (κ2) is 8.10. The van der Waals surface area contributed by atoms with Crippen molar-refractivity contribution in [2.24, 2.45) is 0 Å². The van der Waals surface area contributed by atoms with E-state index in [-0.39, 0.29) is 6.42 Å². The van der Waals surface area contributed by atoms with E-state index < -0.39 is 8.63 Å². The Morgan fingerprint density at radius 2 is 1.55 bits per heavy atom. The SMILES string of the molecule is C=CCl.ClC(Cl)CC(Cl)(Cl)Cl. The first-order valence-electron chi connectivity index (χ1n) is 2.39. The highest BCUT2D eigenvalue weighted by molar-refractivity contribution is 6.68. The van der Waals surface area contributed by atoms with Crippen LogP contribution in [0, 0.1) is 0 Å². The van der Waals surface area contributed by atoms with E-state index in [9.17, 15) is 0 Å². The maximum atomic E-state index is 5.29. The Bertz CT molecular complexity index is 93.6. The third-order valence-electron chi connectivity index (χ3n) is 0.386. The molecular weight excluding hydrogens is 273 g/mol. The van der Waals surface area contributed by atoms with Gasteiger partial charge in [-0.15, -0.1) is 23.2 Å². The first kappa shape index (κ1) is 15.0. The van der Waals surface area contributed by atoms with E-state index in [1.807, 2.05) is 0 Å². The molecule has 0 heterocycles. The second-order valence-corrected chi connectivity index (χ2v) is 5.47. The molecule has 0 aliphatic heterocycles. The van der Waals surface area contributed by atoms with Gasteiger partial charge in [0.25, 0.3) is 0 Å². The summed E-state index contributed by atoms with van der Waals surface area (Å²) in [6.45, 7) is 3.13. The van der Waals surface area contributed by atoms with Gasteiger partial charge in [-0.1, -0.05) is 53.0 Å². The van der Waals surface area contributed by atoms with Crippen LogP contribution in [-0.4, -0.2) is 8.63 Å². The van der Waals surface area contributed by atoms with Gasteiger partial charge in [0, 0.05) is 6.42 Å². The van der Waals surface area contributed by atoms with Crippen molar-refractivity contribution in [1.82, 2.24) is 0 Å². The Morgan fingerprint density at radius 1 is 1.27 bits per heavy atom. The minimum atomic E-state index is -1.33. The summed E-state index contributed by atoms with van der Waals surface area (Å²) in [7, 11) is 0. The highest BCUT2D eigenvalue weighted by Gasteiger charge is 2.22. The van der Waals surface area contributed by atoms with Crippen molar-refractivity contribution in [2.45, 2.75) is 15.0 Å². The topological polar surface area (TPSA) is 0 Å². The van der Waals surface area contributed by atoms with Crippen LogP contribution in [0.5, 0.6) is 0 Å². The van der Waals surface area contributed by atoms with Crippen LogP contribution in [0.2, 0.25) is 0 Å². The lowest BCUT2D eigenvalue weighted by Crippen LogP contribution is -2.06. The van der Waals surface area contributed by atoms with Crippen LogP contribution in [0.3, 0.4) is 0 Å². The summed E-state index contributed by atoms with van der Waals surface area (Å²) < 4.78 is -1.33. The predicted octanol–water partition coefficient (Wildman–Crippen LogP) is 4.92. The molecule has 0 bridgehead atoms. The van der Waals surface area contributed by atoms with Crippen LogP contribution < -0.4 is 0 Å². The number of hydrogen-bond donors (Lipinski definition) is 0. The Morgan fingerprint density at radius 3 is 1.55 bits per heavy atom. The third kappa shape index (κ3) is 24.6. The van der Waals surface area contributed by atoms with Crippen molar-refractivity contribution in [3.63, 3.8) is 0 Å². The van der Waals surface area contributed by atoms with Gasteiger partial charge in [0.15, 0.2) is 3.79 Å². The van der Waals surface area contributed by atoms with E-state index in [2.05, 4.69) is 6.58 Å². The third-order valence-corrected chi connectivity index (χ3v) is 1.16. The average molecular weight is 279 g/mol. The molecule has 0 aromatic rings. The molecule has 0 unspecified atom stereocenters. The fraction of sp³-hybridized carbons (Fsp3) is 0.600. The maximum absolute atomic E-state index is 5.29. The highest BCUT2D eigenvalue weighted by atomic mass is 35.6. The van der Waals surface area contributed by atoms with Gasteiger partial charge in [-0.2, -0.15) is 0 Å². The highest BCUT2D eigenvalue weighted by Crippen LogP contribution is 2.33. The molecule has 0 aliphatic rings. The van der Waals surface area contributed by atoms with Crippen molar-refractivity contribution in [3.8, 4) is 0 Å². The largest absolute Gasteiger partial charge is 0.193 e. The Hall–Kier alpha value is 1.48. The molecule has 0 aromatic heterocycles. The molecule has 0 aromatic carbocycles. The molecule has 0 saturated carbocycles. The van der Waals surface area contributed by atoms with Gasteiger partial charge in [0.2, 0.25) is 0 Å². The summed E-state index contributed by atoms with van der Waals surface area (Å²) in [6, 6.07) is 0. The first-order chi connectivity index (χ1) is 4.83. The van der Waals surface area contributed by atoms with Crippen molar-refractivity contribution in [1.29, 1.82) is 0 Å². The molecule has 0 radical (unpaired) electrons. The number of hydrogen-bond acceptors (Lipinski definition) is 0. The van der Waals surface area contributed by atoms with Crippen molar-refractivity contribution < 1.29 is 0 Å². The second-order valence-electron chi connectivity index (χ2n) is 1.36. The molecule has 68 valence electrons. The number of halogens is 6. The number of rotatable bonds is 1. The predicted molar refractivity (Wildman–Crippen MR) is 56.5 cm³/mol. The van der Waals surface area contributed by atoms with Crippen LogP contribution in [0.15, 0.2) is 12.1 Å². The van der Waals surface area contributed by atoms with Gasteiger partial charge in [0.05, 0.1) is 0 Å². The van der Waals surface area contributed by atoms with E-state index in [1.54, 1.807) is 0 Å². The molecule has 0 spiro atoms. The lowest BCUT2D eigenvalue weighted by Gasteiger charge is -2.09. The molecule has 6 heteroatoms. The normalized spacial score (nSPS) is 10.5. The summed E-state index contributed by atoms with van der Waals surface area (Å²) >= 11 is 31.2. The molecule has 0 saturated heterocycles. The minimum absolute atomic E-state index is 0.154. The molecular formula is C5H6Cl6. The van der Waals surface area contributed by atoms with E-state index in [0.29, 0.717) is 0 Å². The molecule has 0 fully saturated rings. The molecule has 0 N–H and O–H groups in total. The van der Waals surface area contributed by atoms with Crippen LogP contribution >= 0.6 is 69.6 Å². The lowest BCUT2D eigenvalue weighted by molar-refractivity contribution is 0.938. The van der Waals surface area contributed by atoms with Crippen molar-refractivity contribution >= 4 is 69.6 Å². The Balaban J connectivity index is 0.